The number of aryl methyl sites for hydroxylation is 3. The molecule has 4 heteroatoms. The quantitative estimate of drug-likeness (QED) is 0.685. The third-order valence-electron chi connectivity index (χ3n) is 4.38. The van der Waals surface area contributed by atoms with Crippen LogP contribution in [0.2, 0.25) is 0 Å². The van der Waals surface area contributed by atoms with E-state index in [-0.39, 0.29) is 5.91 Å². The molecule has 2 aromatic carbocycles. The first-order valence-corrected chi connectivity index (χ1v) is 9.18. The molecule has 0 spiro atoms. The van der Waals surface area contributed by atoms with Crippen LogP contribution in [-0.4, -0.2) is 25.7 Å². The lowest BCUT2D eigenvalue weighted by molar-refractivity contribution is -0.128. The van der Waals surface area contributed by atoms with Gasteiger partial charge in [-0.3, -0.25) is 4.79 Å². The van der Waals surface area contributed by atoms with E-state index in [0.717, 1.165) is 35.5 Å². The van der Waals surface area contributed by atoms with Crippen LogP contribution in [0.3, 0.4) is 0 Å². The number of nitrogens with one attached hydrogen (secondary N) is 1. The first-order chi connectivity index (χ1) is 12.5. The molecule has 2 aromatic rings. The minimum Gasteiger partial charge on any atom is -0.497 e. The average Bonchev–Trinajstić information content (AvgIpc) is 2.66. The van der Waals surface area contributed by atoms with Crippen molar-refractivity contribution in [2.75, 3.05) is 13.7 Å². The maximum absolute atomic E-state index is 12.4. The zero-order valence-electron chi connectivity index (χ0n) is 16.2. The summed E-state index contributed by atoms with van der Waals surface area (Å²) in [7, 11) is 1.66. The van der Waals surface area contributed by atoms with Gasteiger partial charge in [-0.1, -0.05) is 31.2 Å². The Morgan fingerprint density at radius 2 is 1.85 bits per heavy atom. The molecule has 0 aromatic heterocycles. The Labute approximate surface area is 156 Å². The molecule has 0 heterocycles. The summed E-state index contributed by atoms with van der Waals surface area (Å²) in [6.45, 7) is 6.62. The number of methoxy groups -OCH3 is 1. The molecule has 1 amide bonds. The Hall–Kier alpha value is -2.49. The molecule has 1 unspecified atom stereocenters. The molecule has 0 fully saturated rings. The molecular formula is C22H29NO3. The highest BCUT2D eigenvalue weighted by Gasteiger charge is 2.18. The highest BCUT2D eigenvalue weighted by atomic mass is 16.5. The van der Waals surface area contributed by atoms with Gasteiger partial charge in [-0.25, -0.2) is 0 Å². The van der Waals surface area contributed by atoms with E-state index >= 15 is 0 Å². The number of hydrogen-bond acceptors (Lipinski definition) is 3. The van der Waals surface area contributed by atoms with Crippen molar-refractivity contribution < 1.29 is 14.3 Å². The molecule has 0 radical (unpaired) electrons. The van der Waals surface area contributed by atoms with Gasteiger partial charge >= 0.3 is 0 Å². The third kappa shape index (κ3) is 5.80. The molecular weight excluding hydrogens is 326 g/mol. The number of benzene rings is 2. The molecule has 0 saturated carbocycles. The Kier molecular flexibility index (Phi) is 7.52. The third-order valence-corrected chi connectivity index (χ3v) is 4.38. The molecule has 2 rings (SSSR count). The van der Waals surface area contributed by atoms with Gasteiger partial charge in [0.15, 0.2) is 6.10 Å². The predicted molar refractivity (Wildman–Crippen MR) is 105 cm³/mol. The van der Waals surface area contributed by atoms with E-state index in [4.69, 9.17) is 9.47 Å². The summed E-state index contributed by atoms with van der Waals surface area (Å²) in [4.78, 5) is 12.4. The van der Waals surface area contributed by atoms with Gasteiger partial charge < -0.3 is 14.8 Å². The van der Waals surface area contributed by atoms with Gasteiger partial charge in [-0.2, -0.15) is 0 Å². The molecule has 0 aliphatic carbocycles. The van der Waals surface area contributed by atoms with Crippen LogP contribution in [0.5, 0.6) is 11.5 Å². The second-order valence-electron chi connectivity index (χ2n) is 6.53. The van der Waals surface area contributed by atoms with Crippen LogP contribution in [-0.2, 0) is 11.2 Å². The van der Waals surface area contributed by atoms with Crippen molar-refractivity contribution in [1.82, 2.24) is 5.32 Å². The van der Waals surface area contributed by atoms with Crippen LogP contribution in [0.1, 0.15) is 36.5 Å². The minimum atomic E-state index is -0.462. The van der Waals surface area contributed by atoms with Crippen molar-refractivity contribution in [2.24, 2.45) is 0 Å². The summed E-state index contributed by atoms with van der Waals surface area (Å²) in [5, 5.41) is 2.99. The van der Waals surface area contributed by atoms with Crippen molar-refractivity contribution in [3.8, 4) is 11.5 Å². The van der Waals surface area contributed by atoms with Gasteiger partial charge in [0.25, 0.3) is 5.91 Å². The zero-order chi connectivity index (χ0) is 18.9. The van der Waals surface area contributed by atoms with Crippen LogP contribution >= 0.6 is 0 Å². The lowest BCUT2D eigenvalue weighted by Gasteiger charge is -2.19. The summed E-state index contributed by atoms with van der Waals surface area (Å²) in [6, 6.07) is 14.1. The molecule has 0 saturated heterocycles. The van der Waals surface area contributed by atoms with E-state index in [0.29, 0.717) is 13.0 Å². The first-order valence-electron chi connectivity index (χ1n) is 9.18. The highest BCUT2D eigenvalue weighted by Crippen LogP contribution is 2.21. The van der Waals surface area contributed by atoms with Gasteiger partial charge in [-0.15, -0.1) is 0 Å². The maximum Gasteiger partial charge on any atom is 0.261 e. The van der Waals surface area contributed by atoms with E-state index in [2.05, 4.69) is 17.4 Å². The number of rotatable bonds is 9. The monoisotopic (exact) mass is 355 g/mol. The summed E-state index contributed by atoms with van der Waals surface area (Å²) < 4.78 is 11.1. The van der Waals surface area contributed by atoms with Crippen LogP contribution in [0.4, 0.5) is 0 Å². The van der Waals surface area contributed by atoms with E-state index < -0.39 is 6.10 Å². The minimum absolute atomic E-state index is 0.0527. The highest BCUT2D eigenvalue weighted by molar-refractivity contribution is 5.81. The summed E-state index contributed by atoms with van der Waals surface area (Å²) in [5.74, 6) is 1.59. The number of ether oxygens (including phenoxy) is 2. The molecule has 140 valence electrons. The smallest absolute Gasteiger partial charge is 0.261 e. The molecule has 1 atom stereocenters. The Morgan fingerprint density at radius 1 is 1.12 bits per heavy atom. The fraction of sp³-hybridized carbons (Fsp3) is 0.409. The van der Waals surface area contributed by atoms with Gasteiger partial charge in [0, 0.05) is 6.54 Å². The van der Waals surface area contributed by atoms with Crippen molar-refractivity contribution in [1.29, 1.82) is 0 Å². The van der Waals surface area contributed by atoms with Gasteiger partial charge in [0.1, 0.15) is 11.5 Å². The van der Waals surface area contributed by atoms with Crippen molar-refractivity contribution in [3.05, 3.63) is 59.2 Å². The molecule has 0 bridgehead atoms. The number of carbonyl (C=O) groups excluding carboxylic acids is 1. The fourth-order valence-corrected chi connectivity index (χ4v) is 2.72. The fourth-order valence-electron chi connectivity index (χ4n) is 2.72. The Bertz CT molecular complexity index is 710. The van der Waals surface area contributed by atoms with Gasteiger partial charge in [0.2, 0.25) is 0 Å². The van der Waals surface area contributed by atoms with Crippen LogP contribution < -0.4 is 14.8 Å². The van der Waals surface area contributed by atoms with Crippen molar-refractivity contribution in [2.45, 2.75) is 46.1 Å². The lowest BCUT2D eigenvalue weighted by atomic mass is 10.1. The maximum atomic E-state index is 12.4. The lowest BCUT2D eigenvalue weighted by Crippen LogP contribution is -2.38. The standard InChI is InChI=1S/C22H29NO3/c1-5-20(26-21-15-16(2)8-9-17(21)3)22(24)23-14-6-7-18-10-12-19(25-4)13-11-18/h8-13,15,20H,5-7,14H2,1-4H3,(H,23,24). The van der Waals surface area contributed by atoms with Gasteiger partial charge in [0.05, 0.1) is 7.11 Å². The first kappa shape index (κ1) is 19.8. The summed E-state index contributed by atoms with van der Waals surface area (Å²) >= 11 is 0. The van der Waals surface area contributed by atoms with E-state index in [1.165, 1.54) is 5.56 Å². The normalized spacial score (nSPS) is 11.7. The summed E-state index contributed by atoms with van der Waals surface area (Å²) in [5.41, 5.74) is 3.40. The second-order valence-corrected chi connectivity index (χ2v) is 6.53. The predicted octanol–water partition coefficient (Wildman–Crippen LogP) is 4.22. The molecule has 1 N–H and O–H groups in total. The van der Waals surface area contributed by atoms with Gasteiger partial charge in [-0.05, 0) is 68.0 Å². The van der Waals surface area contributed by atoms with E-state index in [9.17, 15) is 4.79 Å². The molecule has 0 aliphatic heterocycles. The van der Waals surface area contributed by atoms with Crippen molar-refractivity contribution in [3.63, 3.8) is 0 Å². The van der Waals surface area contributed by atoms with Crippen LogP contribution in [0.25, 0.3) is 0 Å². The largest absolute Gasteiger partial charge is 0.497 e. The number of hydrogen-bond donors (Lipinski definition) is 1. The molecule has 0 aliphatic rings. The Balaban J connectivity index is 1.80. The number of carbonyl (C=O) groups is 1. The van der Waals surface area contributed by atoms with Crippen LogP contribution in [0.15, 0.2) is 42.5 Å². The average molecular weight is 355 g/mol. The van der Waals surface area contributed by atoms with E-state index in [1.54, 1.807) is 7.11 Å². The number of amides is 1. The summed E-state index contributed by atoms with van der Waals surface area (Å²) in [6.07, 6.45) is 1.98. The molecule has 4 nitrogen and oxygen atoms in total. The molecule has 26 heavy (non-hydrogen) atoms. The Morgan fingerprint density at radius 3 is 2.50 bits per heavy atom. The SMILES string of the molecule is CCC(Oc1cc(C)ccc1C)C(=O)NCCCc1ccc(OC)cc1. The van der Waals surface area contributed by atoms with E-state index in [1.807, 2.05) is 51.1 Å². The van der Waals surface area contributed by atoms with Crippen molar-refractivity contribution >= 4 is 5.91 Å². The zero-order valence-corrected chi connectivity index (χ0v) is 16.2. The van der Waals surface area contributed by atoms with Crippen LogP contribution in [0, 0.1) is 13.8 Å². The second kappa shape index (κ2) is 9.85. The topological polar surface area (TPSA) is 47.6 Å².